The van der Waals surface area contributed by atoms with E-state index < -0.39 is 0 Å². The van der Waals surface area contributed by atoms with Crippen LogP contribution in [-0.2, 0) is 0 Å². The number of nitrogens with zero attached hydrogens (tertiary/aromatic N) is 1. The van der Waals surface area contributed by atoms with E-state index in [0.29, 0.717) is 5.02 Å². The fraction of sp³-hybridized carbons (Fsp3) is 0. The molecule has 0 aromatic heterocycles. The number of thiocarbonyl (C=S) groups is 1. The Balaban J connectivity index is 2.89. The molecule has 0 heterocycles. The van der Waals surface area contributed by atoms with Crippen LogP contribution in [0.15, 0.2) is 35.5 Å². The zero-order valence-electron chi connectivity index (χ0n) is 6.20. The maximum atomic E-state index is 5.86. The maximum absolute atomic E-state index is 5.86. The summed E-state index contributed by atoms with van der Waals surface area (Å²) in [6, 6.07) is 7.51. The molecule has 0 saturated heterocycles. The average Bonchev–Trinajstić information content (AvgIpc) is 2.09. The van der Waals surface area contributed by atoms with Crippen molar-refractivity contribution in [3.05, 3.63) is 41.1 Å². The fourth-order valence-electron chi connectivity index (χ4n) is 0.758. The van der Waals surface area contributed by atoms with Gasteiger partial charge in [0, 0.05) is 11.2 Å². The first kappa shape index (κ1) is 9.14. The van der Waals surface area contributed by atoms with E-state index in [9.17, 15) is 0 Å². The van der Waals surface area contributed by atoms with Crippen molar-refractivity contribution in [1.82, 2.24) is 0 Å². The number of hydrogen-bond donors (Lipinski definition) is 0. The predicted octanol–water partition coefficient (Wildman–Crippen LogP) is 3.41. The van der Waals surface area contributed by atoms with Crippen molar-refractivity contribution in [2.75, 3.05) is 0 Å². The molecular weight excluding hydrogens is 190 g/mol. The van der Waals surface area contributed by atoms with Gasteiger partial charge in [-0.2, -0.15) is 0 Å². The lowest BCUT2D eigenvalue weighted by Crippen LogP contribution is -1.71. The number of rotatable bonds is 2. The molecule has 0 bridgehead atoms. The molecule has 0 aliphatic heterocycles. The molecule has 0 aliphatic carbocycles. The van der Waals surface area contributed by atoms with E-state index in [4.69, 9.17) is 11.6 Å². The second kappa shape index (κ2) is 4.83. The van der Waals surface area contributed by atoms with Crippen molar-refractivity contribution in [2.24, 2.45) is 4.99 Å². The molecule has 1 nitrogen and oxygen atoms in total. The molecule has 3 heteroatoms. The van der Waals surface area contributed by atoms with Gasteiger partial charge in [0.05, 0.1) is 5.16 Å². The van der Waals surface area contributed by atoms with Crippen molar-refractivity contribution >= 4 is 35.1 Å². The standard InChI is InChI=1S/C9H6ClNS/c10-9-4-2-1-3-8(9)5-6-11-7-12/h1-6H. The molecule has 1 rings (SSSR count). The summed E-state index contributed by atoms with van der Waals surface area (Å²) in [5.41, 5.74) is 0.924. The topological polar surface area (TPSA) is 12.4 Å². The van der Waals surface area contributed by atoms with E-state index >= 15 is 0 Å². The van der Waals surface area contributed by atoms with E-state index in [-0.39, 0.29) is 0 Å². The van der Waals surface area contributed by atoms with Gasteiger partial charge in [-0.25, -0.2) is 4.99 Å². The highest BCUT2D eigenvalue weighted by molar-refractivity contribution is 7.78. The molecule has 0 atom stereocenters. The minimum atomic E-state index is 0.702. The summed E-state index contributed by atoms with van der Waals surface area (Å²) in [6.45, 7) is 0. The molecule has 0 radical (unpaired) electrons. The molecule has 0 fully saturated rings. The van der Waals surface area contributed by atoms with Gasteiger partial charge < -0.3 is 0 Å². The van der Waals surface area contributed by atoms with Crippen molar-refractivity contribution < 1.29 is 0 Å². The molecule has 60 valence electrons. The Bertz CT molecular complexity index is 340. The third-order valence-corrected chi connectivity index (χ3v) is 1.74. The van der Waals surface area contributed by atoms with Gasteiger partial charge in [-0.15, -0.1) is 0 Å². The van der Waals surface area contributed by atoms with Crippen LogP contribution in [0.2, 0.25) is 5.02 Å². The van der Waals surface area contributed by atoms with Crippen molar-refractivity contribution in [2.45, 2.75) is 0 Å². The van der Waals surface area contributed by atoms with E-state index in [1.54, 1.807) is 12.3 Å². The van der Waals surface area contributed by atoms with Crippen LogP contribution in [0.1, 0.15) is 5.56 Å². The number of hydrogen-bond acceptors (Lipinski definition) is 2. The van der Waals surface area contributed by atoms with Gasteiger partial charge in [0.25, 0.3) is 0 Å². The Hall–Kier alpha value is -0.950. The molecule has 0 saturated carbocycles. The monoisotopic (exact) mass is 195 g/mol. The van der Waals surface area contributed by atoms with E-state index in [2.05, 4.69) is 22.4 Å². The summed E-state index contributed by atoms with van der Waals surface area (Å²) in [5.74, 6) is 0. The summed E-state index contributed by atoms with van der Waals surface area (Å²) in [6.07, 6.45) is 3.34. The quantitative estimate of drug-likeness (QED) is 0.521. The van der Waals surface area contributed by atoms with Crippen LogP contribution in [0.5, 0.6) is 0 Å². The van der Waals surface area contributed by atoms with Gasteiger partial charge in [0.15, 0.2) is 0 Å². The highest BCUT2D eigenvalue weighted by Gasteiger charge is 1.91. The molecule has 1 aromatic rings. The zero-order valence-corrected chi connectivity index (χ0v) is 7.77. The number of isothiocyanates is 1. The van der Waals surface area contributed by atoms with Crippen LogP contribution < -0.4 is 0 Å². The van der Waals surface area contributed by atoms with Gasteiger partial charge in [0.1, 0.15) is 0 Å². The number of aliphatic imine (C=N–C) groups is 1. The maximum Gasteiger partial charge on any atom is 0.0634 e. The largest absolute Gasteiger partial charge is 0.203 e. The summed E-state index contributed by atoms with van der Waals surface area (Å²) in [7, 11) is 0. The molecule has 0 spiro atoms. The molecular formula is C9H6ClNS. The summed E-state index contributed by atoms with van der Waals surface area (Å²) in [5, 5.41) is 2.94. The SMILES string of the molecule is S=C=NC=Cc1ccccc1Cl. The highest BCUT2D eigenvalue weighted by Crippen LogP contribution is 2.15. The summed E-state index contributed by atoms with van der Waals surface area (Å²) < 4.78 is 0. The van der Waals surface area contributed by atoms with Crippen molar-refractivity contribution in [1.29, 1.82) is 0 Å². The van der Waals surface area contributed by atoms with Crippen LogP contribution in [0, 0.1) is 0 Å². The highest BCUT2D eigenvalue weighted by atomic mass is 35.5. The smallest absolute Gasteiger partial charge is 0.0634 e. The Morgan fingerprint density at radius 3 is 2.83 bits per heavy atom. The Morgan fingerprint density at radius 2 is 2.17 bits per heavy atom. The van der Waals surface area contributed by atoms with E-state index in [1.807, 2.05) is 24.3 Å². The number of benzene rings is 1. The minimum absolute atomic E-state index is 0.702. The number of halogens is 1. The first-order valence-corrected chi connectivity index (χ1v) is 4.11. The van der Waals surface area contributed by atoms with Crippen molar-refractivity contribution in [3.8, 4) is 0 Å². The normalized spacial score (nSPS) is 9.75. The van der Waals surface area contributed by atoms with Gasteiger partial charge in [-0.3, -0.25) is 0 Å². The first-order chi connectivity index (χ1) is 5.84. The lowest BCUT2D eigenvalue weighted by atomic mass is 10.2. The predicted molar refractivity (Wildman–Crippen MR) is 55.5 cm³/mol. The van der Waals surface area contributed by atoms with E-state index in [0.717, 1.165) is 5.56 Å². The van der Waals surface area contributed by atoms with Crippen LogP contribution in [-0.4, -0.2) is 5.16 Å². The minimum Gasteiger partial charge on any atom is -0.203 e. The molecule has 0 aliphatic rings. The van der Waals surface area contributed by atoms with Crippen LogP contribution in [0.4, 0.5) is 0 Å². The van der Waals surface area contributed by atoms with Gasteiger partial charge >= 0.3 is 0 Å². The summed E-state index contributed by atoms with van der Waals surface area (Å²) in [4.78, 5) is 3.63. The van der Waals surface area contributed by atoms with Gasteiger partial charge in [0.2, 0.25) is 0 Å². The van der Waals surface area contributed by atoms with Gasteiger partial charge in [-0.1, -0.05) is 29.8 Å². The average molecular weight is 196 g/mol. The third kappa shape index (κ3) is 2.59. The van der Waals surface area contributed by atoms with Crippen molar-refractivity contribution in [3.63, 3.8) is 0 Å². The Labute approximate surface area is 81.4 Å². The van der Waals surface area contributed by atoms with Crippen LogP contribution in [0.25, 0.3) is 6.08 Å². The molecule has 0 amide bonds. The molecule has 0 unspecified atom stereocenters. The molecule has 1 aromatic carbocycles. The fourth-order valence-corrected chi connectivity index (χ4v) is 1.02. The lowest BCUT2D eigenvalue weighted by molar-refractivity contribution is 1.60. The molecule has 0 N–H and O–H groups in total. The Kier molecular flexibility index (Phi) is 3.68. The lowest BCUT2D eigenvalue weighted by Gasteiger charge is -1.93. The van der Waals surface area contributed by atoms with Crippen LogP contribution >= 0.6 is 23.8 Å². The second-order valence-corrected chi connectivity index (χ2v) is 2.65. The third-order valence-electron chi connectivity index (χ3n) is 1.29. The van der Waals surface area contributed by atoms with Gasteiger partial charge in [-0.05, 0) is 29.9 Å². The van der Waals surface area contributed by atoms with E-state index in [1.165, 1.54) is 0 Å². The Morgan fingerprint density at radius 1 is 1.42 bits per heavy atom. The molecule has 12 heavy (non-hydrogen) atoms. The summed E-state index contributed by atoms with van der Waals surface area (Å²) >= 11 is 10.3. The first-order valence-electron chi connectivity index (χ1n) is 3.32. The van der Waals surface area contributed by atoms with Crippen LogP contribution in [0.3, 0.4) is 0 Å². The second-order valence-electron chi connectivity index (χ2n) is 2.06. The zero-order chi connectivity index (χ0) is 8.81.